The van der Waals surface area contributed by atoms with Gasteiger partial charge < -0.3 is 10.2 Å². The van der Waals surface area contributed by atoms with Gasteiger partial charge in [-0.2, -0.15) is 0 Å². The van der Waals surface area contributed by atoms with Gasteiger partial charge in [0.1, 0.15) is 0 Å². The summed E-state index contributed by atoms with van der Waals surface area (Å²) in [6.45, 7) is 1.76. The van der Waals surface area contributed by atoms with Crippen LogP contribution in [0.25, 0.3) is 0 Å². The summed E-state index contributed by atoms with van der Waals surface area (Å²) in [5, 5.41) is 3.42. The van der Waals surface area contributed by atoms with Crippen LogP contribution in [-0.2, 0) is 11.2 Å². The van der Waals surface area contributed by atoms with Gasteiger partial charge in [-0.1, -0.05) is 30.3 Å². The maximum Gasteiger partial charge on any atom is 0.227 e. The van der Waals surface area contributed by atoms with Crippen molar-refractivity contribution in [3.8, 4) is 0 Å². The average molecular weight is 280 g/mol. The number of anilines is 2. The number of hydrogen-bond donors (Lipinski definition) is 1. The van der Waals surface area contributed by atoms with Crippen molar-refractivity contribution >= 4 is 17.3 Å². The number of nitrogens with zero attached hydrogens (tertiary/aromatic N) is 1. The zero-order valence-corrected chi connectivity index (χ0v) is 12.1. The lowest BCUT2D eigenvalue weighted by atomic mass is 10.1. The van der Waals surface area contributed by atoms with Crippen LogP contribution in [0.2, 0.25) is 0 Å². The molecule has 1 fully saturated rings. The minimum atomic E-state index is 0.236. The Hall–Kier alpha value is -2.29. The molecule has 0 aromatic heterocycles. The van der Waals surface area contributed by atoms with Crippen molar-refractivity contribution in [3.63, 3.8) is 0 Å². The van der Waals surface area contributed by atoms with Crippen LogP contribution in [-0.4, -0.2) is 19.0 Å². The Morgan fingerprint density at radius 1 is 1.00 bits per heavy atom. The average Bonchev–Trinajstić information content (AvgIpc) is 2.95. The standard InChI is InChI=1S/C18H20N2O/c21-18-7-4-14-20(18)17-10-8-16(9-11-17)19-13-12-15-5-2-1-3-6-15/h1-3,5-6,8-11,19H,4,7,12-14H2. The molecule has 1 aliphatic rings. The fraction of sp³-hybridized carbons (Fsp3) is 0.278. The summed E-state index contributed by atoms with van der Waals surface area (Å²) < 4.78 is 0. The molecule has 1 saturated heterocycles. The number of carbonyl (C=O) groups excluding carboxylic acids is 1. The van der Waals surface area contributed by atoms with Crippen LogP contribution in [0, 0.1) is 0 Å². The summed E-state index contributed by atoms with van der Waals surface area (Å²) >= 11 is 0. The smallest absolute Gasteiger partial charge is 0.227 e. The fourth-order valence-corrected chi connectivity index (χ4v) is 2.68. The maximum absolute atomic E-state index is 11.7. The molecular weight excluding hydrogens is 260 g/mol. The van der Waals surface area contributed by atoms with Gasteiger partial charge in [-0.25, -0.2) is 0 Å². The molecule has 21 heavy (non-hydrogen) atoms. The van der Waals surface area contributed by atoms with Crippen molar-refractivity contribution in [2.45, 2.75) is 19.3 Å². The largest absolute Gasteiger partial charge is 0.385 e. The summed E-state index contributed by atoms with van der Waals surface area (Å²) in [4.78, 5) is 13.6. The molecular formula is C18H20N2O. The zero-order chi connectivity index (χ0) is 14.5. The van der Waals surface area contributed by atoms with E-state index in [9.17, 15) is 4.79 Å². The van der Waals surface area contributed by atoms with E-state index in [-0.39, 0.29) is 5.91 Å². The molecule has 0 saturated carbocycles. The first-order valence-electron chi connectivity index (χ1n) is 7.51. The lowest BCUT2D eigenvalue weighted by molar-refractivity contribution is -0.117. The first-order chi connectivity index (χ1) is 10.3. The van der Waals surface area contributed by atoms with Gasteiger partial charge in [0.25, 0.3) is 0 Å². The van der Waals surface area contributed by atoms with Crippen molar-refractivity contribution in [1.29, 1.82) is 0 Å². The van der Waals surface area contributed by atoms with Crippen LogP contribution in [0.5, 0.6) is 0 Å². The topological polar surface area (TPSA) is 32.3 Å². The molecule has 3 nitrogen and oxygen atoms in total. The molecule has 1 aliphatic heterocycles. The van der Waals surface area contributed by atoms with E-state index in [1.807, 2.05) is 35.2 Å². The molecule has 2 aromatic rings. The summed E-state index contributed by atoms with van der Waals surface area (Å²) in [5.74, 6) is 0.236. The predicted molar refractivity (Wildman–Crippen MR) is 86.7 cm³/mol. The number of carbonyl (C=O) groups is 1. The fourth-order valence-electron chi connectivity index (χ4n) is 2.68. The van der Waals surface area contributed by atoms with Crippen LogP contribution in [0.15, 0.2) is 54.6 Å². The van der Waals surface area contributed by atoms with Crippen molar-refractivity contribution in [3.05, 3.63) is 60.2 Å². The molecule has 0 bridgehead atoms. The van der Waals surface area contributed by atoms with Gasteiger partial charge in [0.15, 0.2) is 0 Å². The Bertz CT molecular complexity index is 592. The van der Waals surface area contributed by atoms with Gasteiger partial charge in [-0.05, 0) is 42.7 Å². The highest BCUT2D eigenvalue weighted by Gasteiger charge is 2.21. The van der Waals surface area contributed by atoms with E-state index >= 15 is 0 Å². The molecule has 1 amide bonds. The first kappa shape index (κ1) is 13.7. The quantitative estimate of drug-likeness (QED) is 0.909. The van der Waals surface area contributed by atoms with E-state index in [4.69, 9.17) is 0 Å². The summed E-state index contributed by atoms with van der Waals surface area (Å²) in [6.07, 6.45) is 2.65. The van der Waals surface area contributed by atoms with Gasteiger partial charge in [-0.15, -0.1) is 0 Å². The monoisotopic (exact) mass is 280 g/mol. The number of benzene rings is 2. The molecule has 0 unspecified atom stereocenters. The highest BCUT2D eigenvalue weighted by molar-refractivity contribution is 5.95. The third kappa shape index (κ3) is 3.43. The zero-order valence-electron chi connectivity index (χ0n) is 12.1. The van der Waals surface area contributed by atoms with Crippen LogP contribution in [0.3, 0.4) is 0 Å². The molecule has 2 aromatic carbocycles. The number of hydrogen-bond acceptors (Lipinski definition) is 2. The molecule has 1 N–H and O–H groups in total. The first-order valence-corrected chi connectivity index (χ1v) is 7.51. The van der Waals surface area contributed by atoms with E-state index in [0.717, 1.165) is 37.3 Å². The number of rotatable bonds is 5. The van der Waals surface area contributed by atoms with Crippen LogP contribution < -0.4 is 10.2 Å². The van der Waals surface area contributed by atoms with Crippen LogP contribution in [0.4, 0.5) is 11.4 Å². The van der Waals surface area contributed by atoms with Crippen LogP contribution >= 0.6 is 0 Å². The maximum atomic E-state index is 11.7. The molecule has 0 radical (unpaired) electrons. The predicted octanol–water partition coefficient (Wildman–Crippen LogP) is 3.47. The van der Waals surface area contributed by atoms with Gasteiger partial charge in [0.05, 0.1) is 0 Å². The van der Waals surface area contributed by atoms with E-state index in [2.05, 4.69) is 29.6 Å². The SMILES string of the molecule is O=C1CCCN1c1ccc(NCCc2ccccc2)cc1. The van der Waals surface area contributed by atoms with Gasteiger partial charge in [0, 0.05) is 30.9 Å². The van der Waals surface area contributed by atoms with Gasteiger partial charge >= 0.3 is 0 Å². The molecule has 0 aliphatic carbocycles. The second kappa shape index (κ2) is 6.44. The molecule has 1 heterocycles. The number of nitrogens with one attached hydrogen (secondary N) is 1. The second-order valence-electron chi connectivity index (χ2n) is 5.36. The molecule has 0 atom stereocenters. The normalized spacial score (nSPS) is 14.5. The van der Waals surface area contributed by atoms with Crippen LogP contribution in [0.1, 0.15) is 18.4 Å². The van der Waals surface area contributed by atoms with Crippen molar-refractivity contribution < 1.29 is 4.79 Å². The van der Waals surface area contributed by atoms with Crippen molar-refractivity contribution in [2.75, 3.05) is 23.3 Å². The second-order valence-corrected chi connectivity index (χ2v) is 5.36. The highest BCUT2D eigenvalue weighted by Crippen LogP contribution is 2.22. The van der Waals surface area contributed by atoms with E-state index in [1.54, 1.807) is 0 Å². The van der Waals surface area contributed by atoms with Gasteiger partial charge in [-0.3, -0.25) is 4.79 Å². The summed E-state index contributed by atoms with van der Waals surface area (Å²) in [7, 11) is 0. The minimum Gasteiger partial charge on any atom is -0.385 e. The van der Waals surface area contributed by atoms with E-state index < -0.39 is 0 Å². The molecule has 3 heteroatoms. The Morgan fingerprint density at radius 3 is 2.43 bits per heavy atom. The third-order valence-corrected chi connectivity index (χ3v) is 3.84. The Morgan fingerprint density at radius 2 is 1.76 bits per heavy atom. The third-order valence-electron chi connectivity index (χ3n) is 3.84. The minimum absolute atomic E-state index is 0.236. The van der Waals surface area contributed by atoms with Crippen molar-refractivity contribution in [2.24, 2.45) is 0 Å². The lowest BCUT2D eigenvalue weighted by Crippen LogP contribution is -2.23. The molecule has 108 valence electrons. The Balaban J connectivity index is 1.54. The van der Waals surface area contributed by atoms with Gasteiger partial charge in [0.2, 0.25) is 5.91 Å². The summed E-state index contributed by atoms with van der Waals surface area (Å²) in [5.41, 5.74) is 3.44. The summed E-state index contributed by atoms with van der Waals surface area (Å²) in [6, 6.07) is 18.6. The van der Waals surface area contributed by atoms with Crippen molar-refractivity contribution in [1.82, 2.24) is 0 Å². The molecule has 0 spiro atoms. The molecule has 3 rings (SSSR count). The highest BCUT2D eigenvalue weighted by atomic mass is 16.2. The Kier molecular flexibility index (Phi) is 4.20. The van der Waals surface area contributed by atoms with E-state index in [0.29, 0.717) is 6.42 Å². The Labute approximate surface area is 125 Å². The lowest BCUT2D eigenvalue weighted by Gasteiger charge is -2.16. The van der Waals surface area contributed by atoms with E-state index in [1.165, 1.54) is 5.56 Å². The number of amides is 1.